The molecule has 1 aliphatic heterocycles. The van der Waals surface area contributed by atoms with E-state index in [-0.39, 0.29) is 0 Å². The predicted molar refractivity (Wildman–Crippen MR) is 230 cm³/mol. The van der Waals surface area contributed by atoms with Gasteiger partial charge in [-0.2, -0.15) is 0 Å². The fourth-order valence-corrected chi connectivity index (χ4v) is 7.88. The van der Waals surface area contributed by atoms with E-state index in [0.717, 1.165) is 45.8 Å². The minimum Gasteiger partial charge on any atom is -0.364 e. The normalized spacial score (nSPS) is 13.4. The van der Waals surface area contributed by atoms with Crippen molar-refractivity contribution < 1.29 is 4.79 Å². The molecule has 1 rings (SSSR count). The summed E-state index contributed by atoms with van der Waals surface area (Å²) in [6.45, 7) is 22.9. The van der Waals surface area contributed by atoms with Crippen LogP contribution in [0.3, 0.4) is 0 Å². The van der Waals surface area contributed by atoms with Gasteiger partial charge in [0, 0.05) is 32.7 Å². The van der Waals surface area contributed by atoms with Gasteiger partial charge in [-0.05, 0) is 51.9 Å². The van der Waals surface area contributed by atoms with Gasteiger partial charge in [0.05, 0.1) is 12.2 Å². The Morgan fingerprint density at radius 3 is 1.00 bits per heavy atom. The van der Waals surface area contributed by atoms with E-state index in [9.17, 15) is 4.79 Å². The molecule has 0 radical (unpaired) electrons. The number of nitrogens with zero attached hydrogens (tertiary/aromatic N) is 4. The maximum Gasteiger partial charge on any atom is 0.236 e. The third-order valence-corrected chi connectivity index (χ3v) is 11.5. The molecule has 1 heterocycles. The van der Waals surface area contributed by atoms with Crippen molar-refractivity contribution in [3.8, 4) is 0 Å². The van der Waals surface area contributed by atoms with Gasteiger partial charge < -0.3 is 9.80 Å². The Bertz CT molecular complexity index is 813. The van der Waals surface area contributed by atoms with E-state index < -0.39 is 0 Å². The highest BCUT2D eigenvalue weighted by molar-refractivity contribution is 5.78. The number of carbonyl (C=O) groups excluding carboxylic acids is 1. The molecule has 0 bridgehead atoms. The molecule has 0 N–H and O–H groups in total. The molecule has 0 atom stereocenters. The van der Waals surface area contributed by atoms with Crippen LogP contribution in [-0.4, -0.2) is 91.0 Å². The quantitative estimate of drug-likeness (QED) is 0.0468. The summed E-state index contributed by atoms with van der Waals surface area (Å²) in [6, 6.07) is 0. The van der Waals surface area contributed by atoms with Crippen molar-refractivity contribution in [2.45, 2.75) is 214 Å². The second kappa shape index (κ2) is 36.7. The third kappa shape index (κ3) is 27.3. The Kier molecular flexibility index (Phi) is 34.4. The van der Waals surface area contributed by atoms with Crippen LogP contribution in [0.15, 0.2) is 18.0 Å². The van der Waals surface area contributed by atoms with E-state index in [4.69, 9.17) is 0 Å². The van der Waals surface area contributed by atoms with Crippen LogP contribution in [0.4, 0.5) is 0 Å². The monoisotopic (exact) mass is 729 g/mol. The Balaban J connectivity index is 2.61. The largest absolute Gasteiger partial charge is 0.364 e. The van der Waals surface area contributed by atoms with Gasteiger partial charge in [-0.3, -0.25) is 14.6 Å². The van der Waals surface area contributed by atoms with Gasteiger partial charge in [0.1, 0.15) is 0 Å². The first-order valence-corrected chi connectivity index (χ1v) is 23.5. The van der Waals surface area contributed by atoms with Crippen LogP contribution >= 0.6 is 0 Å². The van der Waals surface area contributed by atoms with E-state index in [2.05, 4.69) is 59.6 Å². The van der Waals surface area contributed by atoms with E-state index in [1.807, 2.05) is 0 Å². The number of piperazine rings is 1. The highest BCUT2D eigenvalue weighted by Gasteiger charge is 2.24. The number of amides is 1. The molecule has 0 aromatic carbocycles. The number of carbonyl (C=O) groups is 1. The minimum atomic E-state index is 0.338. The summed E-state index contributed by atoms with van der Waals surface area (Å²) in [5.74, 6) is 0.338. The zero-order valence-electron chi connectivity index (χ0n) is 36.0. The molecule has 0 saturated carbocycles. The molecule has 0 aromatic rings. The lowest BCUT2D eigenvalue weighted by molar-refractivity contribution is -0.134. The van der Waals surface area contributed by atoms with Crippen molar-refractivity contribution in [2.24, 2.45) is 0 Å². The van der Waals surface area contributed by atoms with Gasteiger partial charge in [-0.15, -0.1) is 5.73 Å². The SMILES string of the molecule is C=C=C(CN(CCCCCCCCC)CCCCCCCCCC)N1CCN(C(=O)CN(CCCCCCCCC)CCCCCCCCC)CC1. The molecule has 0 unspecified atom stereocenters. The fraction of sp³-hybridized carbons (Fsp3) is 0.915. The van der Waals surface area contributed by atoms with Gasteiger partial charge in [0.15, 0.2) is 0 Å². The molecule has 5 nitrogen and oxygen atoms in total. The molecule has 52 heavy (non-hydrogen) atoms. The molecular weight excluding hydrogens is 637 g/mol. The highest BCUT2D eigenvalue weighted by atomic mass is 16.2. The molecule has 1 saturated heterocycles. The standard InChI is InChI=1S/C47H92N4O/c1-6-11-15-19-23-27-31-33-37-48(36-32-28-24-20-16-12-7-2)44-46(10-5)50-40-42-51(43-41-50)47(52)45-49(38-34-29-25-21-17-13-8-3)39-35-30-26-22-18-14-9-4/h5-9,11-45H2,1-4H3. The molecule has 1 fully saturated rings. The van der Waals surface area contributed by atoms with Gasteiger partial charge in [-0.25, -0.2) is 0 Å². The zero-order chi connectivity index (χ0) is 37.7. The first kappa shape index (κ1) is 48.7. The van der Waals surface area contributed by atoms with Crippen molar-refractivity contribution in [3.05, 3.63) is 18.0 Å². The second-order valence-corrected chi connectivity index (χ2v) is 16.4. The first-order valence-electron chi connectivity index (χ1n) is 23.5. The Morgan fingerprint density at radius 2 is 0.692 bits per heavy atom. The van der Waals surface area contributed by atoms with Crippen molar-refractivity contribution in [2.75, 3.05) is 65.4 Å². The van der Waals surface area contributed by atoms with Crippen LogP contribution < -0.4 is 0 Å². The summed E-state index contributed by atoms with van der Waals surface area (Å²) in [5, 5.41) is 0. The van der Waals surface area contributed by atoms with Crippen molar-refractivity contribution >= 4 is 5.91 Å². The lowest BCUT2D eigenvalue weighted by Gasteiger charge is -2.38. The van der Waals surface area contributed by atoms with Crippen molar-refractivity contribution in [1.82, 2.24) is 19.6 Å². The maximum atomic E-state index is 13.6. The van der Waals surface area contributed by atoms with E-state index >= 15 is 0 Å². The topological polar surface area (TPSA) is 30.0 Å². The Morgan fingerprint density at radius 1 is 0.423 bits per heavy atom. The summed E-state index contributed by atoms with van der Waals surface area (Å²) < 4.78 is 0. The van der Waals surface area contributed by atoms with Crippen LogP contribution in [0.1, 0.15) is 214 Å². The lowest BCUT2D eigenvalue weighted by Crippen LogP contribution is -2.51. The average molecular weight is 729 g/mol. The lowest BCUT2D eigenvalue weighted by atomic mass is 10.1. The van der Waals surface area contributed by atoms with E-state index in [1.165, 1.54) is 205 Å². The summed E-state index contributed by atoms with van der Waals surface area (Å²) in [5.41, 5.74) is 4.61. The molecular formula is C47H92N4O. The Labute approximate surface area is 326 Å². The predicted octanol–water partition coefficient (Wildman–Crippen LogP) is 12.8. The molecule has 0 aliphatic carbocycles. The van der Waals surface area contributed by atoms with Crippen molar-refractivity contribution in [3.63, 3.8) is 0 Å². The number of rotatable bonds is 38. The number of unbranched alkanes of at least 4 members (excludes halogenated alkanes) is 25. The zero-order valence-corrected chi connectivity index (χ0v) is 36.0. The number of hydrogen-bond donors (Lipinski definition) is 0. The fourth-order valence-electron chi connectivity index (χ4n) is 7.88. The van der Waals surface area contributed by atoms with Crippen LogP contribution in [0, 0.1) is 0 Å². The van der Waals surface area contributed by atoms with Gasteiger partial charge in [0.2, 0.25) is 5.91 Å². The molecule has 306 valence electrons. The van der Waals surface area contributed by atoms with Gasteiger partial charge in [0.25, 0.3) is 0 Å². The van der Waals surface area contributed by atoms with Crippen LogP contribution in [0.2, 0.25) is 0 Å². The van der Waals surface area contributed by atoms with Crippen LogP contribution in [-0.2, 0) is 4.79 Å². The van der Waals surface area contributed by atoms with Crippen LogP contribution in [0.25, 0.3) is 0 Å². The third-order valence-electron chi connectivity index (χ3n) is 11.5. The summed E-state index contributed by atoms with van der Waals surface area (Å²) in [6.07, 6.45) is 39.1. The van der Waals surface area contributed by atoms with Gasteiger partial charge >= 0.3 is 0 Å². The summed E-state index contributed by atoms with van der Waals surface area (Å²) >= 11 is 0. The summed E-state index contributed by atoms with van der Waals surface area (Å²) in [4.78, 5) is 23.5. The first-order chi connectivity index (χ1) is 25.6. The van der Waals surface area contributed by atoms with Gasteiger partial charge in [-0.1, -0.05) is 195 Å². The second-order valence-electron chi connectivity index (χ2n) is 16.4. The summed E-state index contributed by atoms with van der Waals surface area (Å²) in [7, 11) is 0. The smallest absolute Gasteiger partial charge is 0.236 e. The number of hydrogen-bond acceptors (Lipinski definition) is 4. The maximum absolute atomic E-state index is 13.6. The minimum absolute atomic E-state index is 0.338. The Hall–Kier alpha value is -1.29. The molecule has 1 aliphatic rings. The highest BCUT2D eigenvalue weighted by Crippen LogP contribution is 2.16. The molecule has 0 aromatic heterocycles. The molecule has 0 spiro atoms. The molecule has 5 heteroatoms. The van der Waals surface area contributed by atoms with Crippen molar-refractivity contribution in [1.29, 1.82) is 0 Å². The average Bonchev–Trinajstić information content (AvgIpc) is 3.16. The van der Waals surface area contributed by atoms with E-state index in [1.54, 1.807) is 0 Å². The van der Waals surface area contributed by atoms with E-state index in [0.29, 0.717) is 12.5 Å². The van der Waals surface area contributed by atoms with Crippen LogP contribution in [0.5, 0.6) is 0 Å². The molecule has 1 amide bonds.